The second-order valence-corrected chi connectivity index (χ2v) is 4.62. The number of nitrogens with one attached hydrogen (secondary N) is 1. The molecule has 3 N–H and O–H groups in total. The van der Waals surface area contributed by atoms with Crippen LogP contribution in [-0.4, -0.2) is 43.5 Å². The van der Waals surface area contributed by atoms with Gasteiger partial charge in [-0.2, -0.15) is 0 Å². The first-order valence-electron chi connectivity index (χ1n) is 6.95. The van der Waals surface area contributed by atoms with Crippen molar-refractivity contribution in [2.24, 2.45) is 5.73 Å². The van der Waals surface area contributed by atoms with Crippen LogP contribution in [0.5, 0.6) is 0 Å². The molecule has 0 aromatic heterocycles. The maximum absolute atomic E-state index is 11.6. The van der Waals surface area contributed by atoms with Crippen molar-refractivity contribution < 1.29 is 4.79 Å². The van der Waals surface area contributed by atoms with Gasteiger partial charge in [-0.3, -0.25) is 9.69 Å². The molecule has 0 saturated carbocycles. The largest absolute Gasteiger partial charge is 0.355 e. The molecular weight excluding hydrogens is 238 g/mol. The average Bonchev–Trinajstić information content (AvgIpc) is 2.44. The minimum absolute atomic E-state index is 0.0770. The lowest BCUT2D eigenvalue weighted by Gasteiger charge is -2.25. The van der Waals surface area contributed by atoms with Crippen LogP contribution in [0.2, 0.25) is 0 Å². The van der Waals surface area contributed by atoms with E-state index in [0.717, 1.165) is 13.1 Å². The second-order valence-electron chi connectivity index (χ2n) is 4.62. The Balaban J connectivity index is 2.60. The number of likely N-dealkylation sites (N-methyl/N-ethyl adjacent to an activating group) is 2. The first-order chi connectivity index (χ1) is 9.21. The molecule has 1 amide bonds. The summed E-state index contributed by atoms with van der Waals surface area (Å²) in [5.74, 6) is 0.351. The van der Waals surface area contributed by atoms with Gasteiger partial charge in [0.15, 0.2) is 0 Å². The molecule has 1 unspecified atom stereocenters. The standard InChI is InChI=1S/C15H25N3O/c1-3-17-15(19)12-18(4-2)11-14(10-16)13-8-6-5-7-9-13/h5-9,14H,3-4,10-12,16H2,1-2H3,(H,17,19). The van der Waals surface area contributed by atoms with Crippen LogP contribution in [0.4, 0.5) is 0 Å². The molecule has 0 aliphatic heterocycles. The fourth-order valence-electron chi connectivity index (χ4n) is 2.11. The smallest absolute Gasteiger partial charge is 0.234 e. The summed E-state index contributed by atoms with van der Waals surface area (Å²) in [4.78, 5) is 13.8. The number of nitrogens with two attached hydrogens (primary N) is 1. The van der Waals surface area contributed by atoms with E-state index in [1.807, 2.05) is 25.1 Å². The lowest BCUT2D eigenvalue weighted by Crippen LogP contribution is -2.40. The van der Waals surface area contributed by atoms with Crippen LogP contribution >= 0.6 is 0 Å². The van der Waals surface area contributed by atoms with Crippen molar-refractivity contribution in [3.63, 3.8) is 0 Å². The fourth-order valence-corrected chi connectivity index (χ4v) is 2.11. The van der Waals surface area contributed by atoms with E-state index < -0.39 is 0 Å². The summed E-state index contributed by atoms with van der Waals surface area (Å²) in [7, 11) is 0. The Morgan fingerprint density at radius 2 is 2.00 bits per heavy atom. The van der Waals surface area contributed by atoms with Gasteiger partial charge in [0.25, 0.3) is 0 Å². The van der Waals surface area contributed by atoms with Gasteiger partial charge in [0.1, 0.15) is 0 Å². The van der Waals surface area contributed by atoms with E-state index in [9.17, 15) is 4.79 Å². The number of carbonyl (C=O) groups excluding carboxylic acids is 1. The fraction of sp³-hybridized carbons (Fsp3) is 0.533. The minimum Gasteiger partial charge on any atom is -0.355 e. The van der Waals surface area contributed by atoms with Crippen LogP contribution in [0.1, 0.15) is 25.3 Å². The summed E-state index contributed by atoms with van der Waals surface area (Å²) < 4.78 is 0. The number of hydrogen-bond acceptors (Lipinski definition) is 3. The first kappa shape index (κ1) is 15.7. The van der Waals surface area contributed by atoms with Gasteiger partial charge in [-0.25, -0.2) is 0 Å². The Morgan fingerprint density at radius 1 is 1.32 bits per heavy atom. The van der Waals surface area contributed by atoms with E-state index in [1.54, 1.807) is 0 Å². The Labute approximate surface area is 116 Å². The van der Waals surface area contributed by atoms with Crippen molar-refractivity contribution in [2.75, 3.05) is 32.7 Å². The SMILES string of the molecule is CCNC(=O)CN(CC)CC(CN)c1ccccc1. The minimum atomic E-state index is 0.0770. The lowest BCUT2D eigenvalue weighted by atomic mass is 9.98. The molecule has 106 valence electrons. The summed E-state index contributed by atoms with van der Waals surface area (Å²) in [5, 5.41) is 2.83. The van der Waals surface area contributed by atoms with E-state index in [2.05, 4.69) is 29.3 Å². The van der Waals surface area contributed by atoms with Gasteiger partial charge in [0.05, 0.1) is 6.54 Å². The van der Waals surface area contributed by atoms with E-state index in [1.165, 1.54) is 5.56 Å². The molecule has 0 aliphatic carbocycles. The summed E-state index contributed by atoms with van der Waals surface area (Å²) in [5.41, 5.74) is 7.11. The zero-order valence-electron chi connectivity index (χ0n) is 11.9. The maximum Gasteiger partial charge on any atom is 0.234 e. The highest BCUT2D eigenvalue weighted by molar-refractivity contribution is 5.77. The molecule has 0 bridgehead atoms. The van der Waals surface area contributed by atoms with Gasteiger partial charge in [-0.1, -0.05) is 37.3 Å². The van der Waals surface area contributed by atoms with Gasteiger partial charge < -0.3 is 11.1 Å². The number of benzene rings is 1. The number of hydrogen-bond donors (Lipinski definition) is 2. The lowest BCUT2D eigenvalue weighted by molar-refractivity contribution is -0.122. The quantitative estimate of drug-likeness (QED) is 0.740. The molecule has 1 aromatic carbocycles. The zero-order chi connectivity index (χ0) is 14.1. The second kappa shape index (κ2) is 8.67. The molecule has 1 rings (SSSR count). The summed E-state index contributed by atoms with van der Waals surface area (Å²) in [6, 6.07) is 10.2. The molecule has 19 heavy (non-hydrogen) atoms. The van der Waals surface area contributed by atoms with Gasteiger partial charge >= 0.3 is 0 Å². The number of nitrogens with zero attached hydrogens (tertiary/aromatic N) is 1. The molecule has 0 spiro atoms. The van der Waals surface area contributed by atoms with Gasteiger partial charge in [0, 0.05) is 25.6 Å². The zero-order valence-corrected chi connectivity index (χ0v) is 11.9. The van der Waals surface area contributed by atoms with E-state index >= 15 is 0 Å². The third-order valence-electron chi connectivity index (χ3n) is 3.22. The van der Waals surface area contributed by atoms with Crippen molar-refractivity contribution in [3.8, 4) is 0 Å². The average molecular weight is 263 g/mol. The Bertz CT molecular complexity index is 367. The highest BCUT2D eigenvalue weighted by atomic mass is 16.2. The Morgan fingerprint density at radius 3 is 2.53 bits per heavy atom. The van der Waals surface area contributed by atoms with Crippen molar-refractivity contribution in [1.29, 1.82) is 0 Å². The van der Waals surface area contributed by atoms with Crippen molar-refractivity contribution >= 4 is 5.91 Å². The van der Waals surface area contributed by atoms with Gasteiger partial charge in [0.2, 0.25) is 5.91 Å². The van der Waals surface area contributed by atoms with E-state index in [4.69, 9.17) is 5.73 Å². The Hall–Kier alpha value is -1.39. The van der Waals surface area contributed by atoms with E-state index in [0.29, 0.717) is 19.6 Å². The molecule has 0 fully saturated rings. The monoisotopic (exact) mass is 263 g/mol. The summed E-state index contributed by atoms with van der Waals surface area (Å²) in [6.07, 6.45) is 0. The van der Waals surface area contributed by atoms with Crippen LogP contribution in [0, 0.1) is 0 Å². The third kappa shape index (κ3) is 5.41. The van der Waals surface area contributed by atoms with Crippen LogP contribution in [0.3, 0.4) is 0 Å². The third-order valence-corrected chi connectivity index (χ3v) is 3.22. The first-order valence-corrected chi connectivity index (χ1v) is 6.95. The highest BCUT2D eigenvalue weighted by Crippen LogP contribution is 2.15. The van der Waals surface area contributed by atoms with Crippen molar-refractivity contribution in [1.82, 2.24) is 10.2 Å². The molecule has 0 heterocycles. The van der Waals surface area contributed by atoms with Crippen LogP contribution < -0.4 is 11.1 Å². The van der Waals surface area contributed by atoms with Gasteiger partial charge in [-0.15, -0.1) is 0 Å². The van der Waals surface area contributed by atoms with Crippen molar-refractivity contribution in [2.45, 2.75) is 19.8 Å². The molecule has 1 aromatic rings. The molecule has 4 nitrogen and oxygen atoms in total. The molecular formula is C15H25N3O. The predicted octanol–water partition coefficient (Wildman–Crippen LogP) is 1.19. The maximum atomic E-state index is 11.6. The summed E-state index contributed by atoms with van der Waals surface area (Å²) >= 11 is 0. The molecule has 0 aliphatic rings. The molecule has 0 radical (unpaired) electrons. The van der Waals surface area contributed by atoms with Gasteiger partial charge in [-0.05, 0) is 19.0 Å². The van der Waals surface area contributed by atoms with Crippen molar-refractivity contribution in [3.05, 3.63) is 35.9 Å². The molecule has 1 atom stereocenters. The number of rotatable bonds is 8. The van der Waals surface area contributed by atoms with Crippen LogP contribution in [0.25, 0.3) is 0 Å². The van der Waals surface area contributed by atoms with Crippen LogP contribution in [-0.2, 0) is 4.79 Å². The Kier molecular flexibility index (Phi) is 7.15. The highest BCUT2D eigenvalue weighted by Gasteiger charge is 2.15. The number of amides is 1. The predicted molar refractivity (Wildman–Crippen MR) is 79.0 cm³/mol. The summed E-state index contributed by atoms with van der Waals surface area (Å²) in [6.45, 7) is 7.37. The topological polar surface area (TPSA) is 58.4 Å². The molecule has 0 saturated heterocycles. The number of carbonyl (C=O) groups is 1. The molecule has 4 heteroatoms. The van der Waals surface area contributed by atoms with Crippen LogP contribution in [0.15, 0.2) is 30.3 Å². The van der Waals surface area contributed by atoms with E-state index in [-0.39, 0.29) is 11.8 Å². The normalized spacial score (nSPS) is 12.4.